The highest BCUT2D eigenvalue weighted by Crippen LogP contribution is 2.24. The van der Waals surface area contributed by atoms with E-state index in [1.165, 1.54) is 7.11 Å². The molecule has 0 aliphatic carbocycles. The first kappa shape index (κ1) is 19.3. The summed E-state index contributed by atoms with van der Waals surface area (Å²) in [5, 5.41) is 5.69. The van der Waals surface area contributed by atoms with Gasteiger partial charge in [0.05, 0.1) is 0 Å². The lowest BCUT2D eigenvalue weighted by atomic mass is 10.1. The van der Waals surface area contributed by atoms with Crippen LogP contribution in [0.5, 0.6) is 0 Å². The Labute approximate surface area is 156 Å². The molecule has 132 valence electrons. The Morgan fingerprint density at radius 2 is 1.92 bits per heavy atom. The predicted octanol–water partition coefficient (Wildman–Crippen LogP) is 3.50. The van der Waals surface area contributed by atoms with Gasteiger partial charge in [-0.15, -0.1) is 11.8 Å². The molecule has 1 unspecified atom stereocenters. The average Bonchev–Trinajstić information content (AvgIpc) is 2.63. The molecule has 2 aromatic rings. The summed E-state index contributed by atoms with van der Waals surface area (Å²) in [5.41, 5.74) is 1.32. The molecule has 25 heavy (non-hydrogen) atoms. The fourth-order valence-corrected chi connectivity index (χ4v) is 2.93. The predicted molar refractivity (Wildman–Crippen MR) is 101 cm³/mol. The van der Waals surface area contributed by atoms with Crippen LogP contribution in [-0.4, -0.2) is 31.7 Å². The van der Waals surface area contributed by atoms with Gasteiger partial charge in [-0.25, -0.2) is 0 Å². The highest BCUT2D eigenvalue weighted by Gasteiger charge is 2.18. The number of amides is 2. The van der Waals surface area contributed by atoms with E-state index in [0.29, 0.717) is 10.7 Å². The number of hydrogen-bond acceptors (Lipinski definition) is 4. The minimum absolute atomic E-state index is 0.136. The van der Waals surface area contributed by atoms with Crippen molar-refractivity contribution in [2.75, 3.05) is 25.2 Å². The molecule has 2 rings (SSSR count). The molecule has 2 aromatic carbocycles. The van der Waals surface area contributed by atoms with Gasteiger partial charge >= 0.3 is 11.8 Å². The summed E-state index contributed by atoms with van der Waals surface area (Å²) in [4.78, 5) is 25.0. The van der Waals surface area contributed by atoms with Crippen LogP contribution >= 0.6 is 23.4 Å². The van der Waals surface area contributed by atoms with E-state index in [9.17, 15) is 9.59 Å². The number of hydrogen-bond donors (Lipinski definition) is 2. The van der Waals surface area contributed by atoms with Crippen LogP contribution in [0.3, 0.4) is 0 Å². The minimum atomic E-state index is -0.733. The number of anilines is 1. The van der Waals surface area contributed by atoms with E-state index in [4.69, 9.17) is 16.3 Å². The van der Waals surface area contributed by atoms with Crippen molar-refractivity contribution < 1.29 is 14.3 Å². The first-order valence-electron chi connectivity index (χ1n) is 7.55. The summed E-state index contributed by atoms with van der Waals surface area (Å²) in [6.07, 6.45) is 1.50. The van der Waals surface area contributed by atoms with Gasteiger partial charge < -0.3 is 15.4 Å². The zero-order chi connectivity index (χ0) is 18.2. The van der Waals surface area contributed by atoms with E-state index < -0.39 is 17.9 Å². The topological polar surface area (TPSA) is 67.4 Å². The van der Waals surface area contributed by atoms with Crippen molar-refractivity contribution in [3.63, 3.8) is 0 Å². The molecule has 0 aromatic heterocycles. The first-order chi connectivity index (χ1) is 12.0. The number of nitrogens with one attached hydrogen (secondary N) is 2. The van der Waals surface area contributed by atoms with Crippen LogP contribution in [0.25, 0.3) is 0 Å². The fourth-order valence-electron chi connectivity index (χ4n) is 2.21. The van der Waals surface area contributed by atoms with Crippen LogP contribution in [0.1, 0.15) is 11.7 Å². The van der Waals surface area contributed by atoms with Crippen molar-refractivity contribution in [3.8, 4) is 0 Å². The van der Waals surface area contributed by atoms with Gasteiger partial charge in [-0.3, -0.25) is 9.59 Å². The van der Waals surface area contributed by atoms with E-state index in [2.05, 4.69) is 10.6 Å². The van der Waals surface area contributed by atoms with Crippen molar-refractivity contribution in [1.82, 2.24) is 5.32 Å². The lowest BCUT2D eigenvalue weighted by Crippen LogP contribution is -2.38. The van der Waals surface area contributed by atoms with Crippen molar-refractivity contribution in [1.29, 1.82) is 0 Å². The number of carbonyl (C=O) groups excluding carboxylic acids is 2. The van der Waals surface area contributed by atoms with Gasteiger partial charge in [-0.05, 0) is 30.5 Å². The molecule has 0 aliphatic heterocycles. The first-order valence-corrected chi connectivity index (χ1v) is 9.16. The molecular weight excluding hydrogens is 360 g/mol. The normalized spacial score (nSPS) is 11.6. The van der Waals surface area contributed by atoms with Crippen LogP contribution < -0.4 is 10.6 Å². The minimum Gasteiger partial charge on any atom is -0.375 e. The summed E-state index contributed by atoms with van der Waals surface area (Å²) < 4.78 is 5.36. The van der Waals surface area contributed by atoms with Crippen LogP contribution in [0, 0.1) is 0 Å². The molecule has 0 heterocycles. The Bertz CT molecular complexity index is 755. The average molecular weight is 379 g/mol. The Morgan fingerprint density at radius 3 is 2.60 bits per heavy atom. The van der Waals surface area contributed by atoms with Gasteiger partial charge in [0, 0.05) is 34.8 Å². The Hall–Kier alpha value is -2.02. The smallest absolute Gasteiger partial charge is 0.313 e. The Kier molecular flexibility index (Phi) is 7.31. The van der Waals surface area contributed by atoms with E-state index in [-0.39, 0.29) is 6.54 Å². The van der Waals surface area contributed by atoms with Gasteiger partial charge in [0.2, 0.25) is 0 Å². The number of rotatable bonds is 6. The molecule has 1 atom stereocenters. The molecule has 0 saturated heterocycles. The second-order valence-electron chi connectivity index (χ2n) is 5.14. The number of thioether (sulfide) groups is 1. The molecule has 0 aliphatic rings. The number of halogens is 1. The summed E-state index contributed by atoms with van der Waals surface area (Å²) in [6, 6.07) is 14.5. The fraction of sp³-hybridized carbons (Fsp3) is 0.222. The molecule has 0 spiro atoms. The third kappa shape index (κ3) is 5.49. The maximum absolute atomic E-state index is 12.0. The Morgan fingerprint density at radius 1 is 1.16 bits per heavy atom. The Balaban J connectivity index is 1.94. The van der Waals surface area contributed by atoms with Crippen LogP contribution in [-0.2, 0) is 14.3 Å². The molecule has 7 heteroatoms. The summed E-state index contributed by atoms with van der Waals surface area (Å²) in [6.45, 7) is 0.136. The van der Waals surface area contributed by atoms with Gasteiger partial charge in [0.25, 0.3) is 0 Å². The van der Waals surface area contributed by atoms with E-state index in [1.807, 2.05) is 36.6 Å². The van der Waals surface area contributed by atoms with Gasteiger partial charge in [0.15, 0.2) is 0 Å². The summed E-state index contributed by atoms with van der Waals surface area (Å²) in [7, 11) is 1.52. The van der Waals surface area contributed by atoms with Crippen molar-refractivity contribution >= 4 is 40.9 Å². The third-order valence-corrected chi connectivity index (χ3v) is 4.59. The molecular formula is C18H19ClN2O3S. The second-order valence-corrected chi connectivity index (χ2v) is 6.43. The molecule has 2 N–H and O–H groups in total. The number of carbonyl (C=O) groups is 2. The molecule has 0 fully saturated rings. The SMILES string of the molecule is COC(CNC(=O)C(=O)Nc1cccc(SC)c1)c1ccccc1Cl. The monoisotopic (exact) mass is 378 g/mol. The molecule has 0 saturated carbocycles. The molecule has 2 amide bonds. The van der Waals surface area contributed by atoms with Crippen molar-refractivity contribution in [2.45, 2.75) is 11.0 Å². The van der Waals surface area contributed by atoms with Crippen molar-refractivity contribution in [2.24, 2.45) is 0 Å². The van der Waals surface area contributed by atoms with Crippen LogP contribution in [0.2, 0.25) is 5.02 Å². The number of methoxy groups -OCH3 is 1. The van der Waals surface area contributed by atoms with E-state index in [1.54, 1.807) is 30.0 Å². The zero-order valence-corrected chi connectivity index (χ0v) is 15.5. The maximum Gasteiger partial charge on any atom is 0.313 e. The lowest BCUT2D eigenvalue weighted by molar-refractivity contribution is -0.136. The van der Waals surface area contributed by atoms with Gasteiger partial charge in [-0.2, -0.15) is 0 Å². The van der Waals surface area contributed by atoms with Crippen LogP contribution in [0.15, 0.2) is 53.4 Å². The van der Waals surface area contributed by atoms with Crippen LogP contribution in [0.4, 0.5) is 5.69 Å². The summed E-state index contributed by atoms with van der Waals surface area (Å²) in [5.74, 6) is -1.46. The third-order valence-electron chi connectivity index (χ3n) is 3.52. The summed E-state index contributed by atoms with van der Waals surface area (Å²) >= 11 is 7.69. The molecule has 5 nitrogen and oxygen atoms in total. The van der Waals surface area contributed by atoms with E-state index in [0.717, 1.165) is 10.5 Å². The number of benzene rings is 2. The zero-order valence-electron chi connectivity index (χ0n) is 13.9. The highest BCUT2D eigenvalue weighted by molar-refractivity contribution is 7.98. The maximum atomic E-state index is 12.0. The largest absolute Gasteiger partial charge is 0.375 e. The molecule has 0 bridgehead atoms. The number of ether oxygens (including phenoxy) is 1. The standard InChI is InChI=1S/C18H19ClN2O3S/c1-24-16(14-8-3-4-9-15(14)19)11-20-17(22)18(23)21-12-6-5-7-13(10-12)25-2/h3-10,16H,11H2,1-2H3,(H,20,22)(H,21,23). The lowest BCUT2D eigenvalue weighted by Gasteiger charge is -2.17. The van der Waals surface area contributed by atoms with Gasteiger partial charge in [-0.1, -0.05) is 35.9 Å². The molecule has 0 radical (unpaired) electrons. The second kappa shape index (κ2) is 9.46. The van der Waals surface area contributed by atoms with Crippen molar-refractivity contribution in [3.05, 3.63) is 59.1 Å². The quantitative estimate of drug-likeness (QED) is 0.596. The highest BCUT2D eigenvalue weighted by atomic mass is 35.5. The van der Waals surface area contributed by atoms with Gasteiger partial charge in [0.1, 0.15) is 6.10 Å². The van der Waals surface area contributed by atoms with E-state index >= 15 is 0 Å².